The molecule has 2 N–H and O–H groups in total. The zero-order valence-electron chi connectivity index (χ0n) is 14.4. The molecule has 7 heteroatoms. The van der Waals surface area contributed by atoms with Crippen LogP contribution in [0.3, 0.4) is 0 Å². The Bertz CT molecular complexity index is 779. The second-order valence-corrected chi connectivity index (χ2v) is 5.90. The third-order valence-corrected chi connectivity index (χ3v) is 3.71. The molecule has 0 atom stereocenters. The Balaban J connectivity index is 2.15. The van der Waals surface area contributed by atoms with E-state index >= 15 is 0 Å². The Kier molecular flexibility index (Phi) is 5.46. The molecule has 5 nitrogen and oxygen atoms in total. The topological polar surface area (TPSA) is 59.6 Å². The fraction of sp³-hybridized carbons (Fsp3) is 0.278. The highest BCUT2D eigenvalue weighted by atomic mass is 19.1. The first-order valence-corrected chi connectivity index (χ1v) is 7.53. The molecule has 0 aliphatic rings. The molecule has 2 aromatic carbocycles. The molecule has 0 aliphatic heterocycles. The molecule has 0 unspecified atom stereocenters. The van der Waals surface area contributed by atoms with Crippen LogP contribution in [-0.4, -0.2) is 20.3 Å². The molecule has 0 aliphatic carbocycles. The molecule has 0 spiro atoms. The van der Waals surface area contributed by atoms with Gasteiger partial charge in [-0.1, -0.05) is 6.07 Å². The summed E-state index contributed by atoms with van der Waals surface area (Å²) in [6, 6.07) is 7.58. The van der Waals surface area contributed by atoms with E-state index in [1.165, 1.54) is 14.2 Å². The van der Waals surface area contributed by atoms with E-state index in [1.54, 1.807) is 32.0 Å². The number of ether oxygens (including phenoxy) is 2. The van der Waals surface area contributed by atoms with Gasteiger partial charge in [0, 0.05) is 6.07 Å². The number of urea groups is 1. The van der Waals surface area contributed by atoms with Crippen LogP contribution in [-0.2, 0) is 5.54 Å². The van der Waals surface area contributed by atoms with Gasteiger partial charge in [-0.25, -0.2) is 13.6 Å². The number of carbonyl (C=O) groups excluding carboxylic acids is 1. The van der Waals surface area contributed by atoms with E-state index in [1.807, 2.05) is 0 Å². The number of rotatable bonds is 5. The lowest BCUT2D eigenvalue weighted by Crippen LogP contribution is -2.43. The van der Waals surface area contributed by atoms with Crippen LogP contribution < -0.4 is 20.1 Å². The fourth-order valence-electron chi connectivity index (χ4n) is 2.33. The first-order chi connectivity index (χ1) is 11.8. The fourth-order valence-corrected chi connectivity index (χ4v) is 2.33. The largest absolute Gasteiger partial charge is 0.493 e. The average molecular weight is 350 g/mol. The lowest BCUT2D eigenvalue weighted by atomic mass is 9.94. The van der Waals surface area contributed by atoms with Gasteiger partial charge in [0.1, 0.15) is 11.6 Å². The molecular weight excluding hydrogens is 330 g/mol. The Morgan fingerprint density at radius 3 is 2.28 bits per heavy atom. The molecule has 2 amide bonds. The van der Waals surface area contributed by atoms with Crippen molar-refractivity contribution in [1.29, 1.82) is 0 Å². The minimum absolute atomic E-state index is 0.109. The monoisotopic (exact) mass is 350 g/mol. The normalized spacial score (nSPS) is 11.0. The summed E-state index contributed by atoms with van der Waals surface area (Å²) in [5.74, 6) is -0.465. The lowest BCUT2D eigenvalue weighted by molar-refractivity contribution is 0.241. The van der Waals surface area contributed by atoms with Crippen molar-refractivity contribution in [3.8, 4) is 11.5 Å². The molecule has 0 saturated carbocycles. The summed E-state index contributed by atoms with van der Waals surface area (Å²) in [6.07, 6.45) is 0. The molecule has 2 aromatic rings. The smallest absolute Gasteiger partial charge is 0.320 e. The van der Waals surface area contributed by atoms with Crippen LogP contribution in [0.5, 0.6) is 11.5 Å². The summed E-state index contributed by atoms with van der Waals surface area (Å²) in [6.45, 7) is 3.57. The maximum Gasteiger partial charge on any atom is 0.320 e. The SMILES string of the molecule is COc1ccc(C(C)(C)NC(=O)Nc2ccc(F)cc2F)cc1OC. The Morgan fingerprint density at radius 2 is 1.68 bits per heavy atom. The van der Waals surface area contributed by atoms with Gasteiger partial charge >= 0.3 is 6.03 Å². The number of amides is 2. The maximum absolute atomic E-state index is 13.6. The van der Waals surface area contributed by atoms with Crippen molar-refractivity contribution in [2.24, 2.45) is 0 Å². The van der Waals surface area contributed by atoms with Crippen molar-refractivity contribution < 1.29 is 23.0 Å². The quantitative estimate of drug-likeness (QED) is 0.856. The third-order valence-electron chi connectivity index (χ3n) is 3.71. The van der Waals surface area contributed by atoms with Gasteiger partial charge < -0.3 is 20.1 Å². The molecule has 0 bridgehead atoms. The number of hydrogen-bond acceptors (Lipinski definition) is 3. The van der Waals surface area contributed by atoms with Crippen LogP contribution in [0.2, 0.25) is 0 Å². The Hall–Kier alpha value is -2.83. The molecule has 0 aromatic heterocycles. The second-order valence-electron chi connectivity index (χ2n) is 5.90. The van der Waals surface area contributed by atoms with Crippen LogP contribution in [0.1, 0.15) is 19.4 Å². The summed E-state index contributed by atoms with van der Waals surface area (Å²) >= 11 is 0. The van der Waals surface area contributed by atoms with Gasteiger partial charge in [-0.05, 0) is 43.7 Å². The van der Waals surface area contributed by atoms with Crippen LogP contribution in [0.4, 0.5) is 19.3 Å². The highest BCUT2D eigenvalue weighted by molar-refractivity contribution is 5.90. The molecule has 134 valence electrons. The van der Waals surface area contributed by atoms with Crippen molar-refractivity contribution in [3.05, 3.63) is 53.6 Å². The van der Waals surface area contributed by atoms with Gasteiger partial charge in [0.2, 0.25) is 0 Å². The van der Waals surface area contributed by atoms with Crippen molar-refractivity contribution in [3.63, 3.8) is 0 Å². The molecular formula is C18H20F2N2O3. The summed E-state index contributed by atoms with van der Waals surface area (Å²) in [5, 5.41) is 5.11. The second kappa shape index (κ2) is 7.38. The number of nitrogens with one attached hydrogen (secondary N) is 2. The number of halogens is 2. The van der Waals surface area contributed by atoms with Crippen LogP contribution >= 0.6 is 0 Å². The minimum atomic E-state index is -0.848. The van der Waals surface area contributed by atoms with Gasteiger partial charge in [-0.3, -0.25) is 0 Å². The van der Waals surface area contributed by atoms with E-state index < -0.39 is 23.2 Å². The zero-order chi connectivity index (χ0) is 18.6. The summed E-state index contributed by atoms with van der Waals surface area (Å²) in [7, 11) is 3.05. The first kappa shape index (κ1) is 18.5. The molecule has 2 rings (SSSR count). The summed E-state index contributed by atoms with van der Waals surface area (Å²) < 4.78 is 37.0. The lowest BCUT2D eigenvalue weighted by Gasteiger charge is -2.27. The van der Waals surface area contributed by atoms with Crippen LogP contribution in [0.25, 0.3) is 0 Å². The molecule has 0 radical (unpaired) electrons. The van der Waals surface area contributed by atoms with E-state index in [-0.39, 0.29) is 5.69 Å². The van der Waals surface area contributed by atoms with Crippen LogP contribution in [0.15, 0.2) is 36.4 Å². The van der Waals surface area contributed by atoms with Crippen molar-refractivity contribution >= 4 is 11.7 Å². The zero-order valence-corrected chi connectivity index (χ0v) is 14.4. The van der Waals surface area contributed by atoms with E-state index in [2.05, 4.69) is 10.6 Å². The first-order valence-electron chi connectivity index (χ1n) is 7.53. The molecule has 25 heavy (non-hydrogen) atoms. The number of methoxy groups -OCH3 is 2. The minimum Gasteiger partial charge on any atom is -0.493 e. The van der Waals surface area contributed by atoms with Crippen molar-refractivity contribution in [1.82, 2.24) is 5.32 Å². The van der Waals surface area contributed by atoms with Gasteiger partial charge in [-0.15, -0.1) is 0 Å². The summed E-state index contributed by atoms with van der Waals surface area (Å²) in [4.78, 5) is 12.2. The van der Waals surface area contributed by atoms with Gasteiger partial charge in [0.05, 0.1) is 25.4 Å². The summed E-state index contributed by atoms with van der Waals surface area (Å²) in [5.41, 5.74) is -0.123. The van der Waals surface area contributed by atoms with E-state index in [9.17, 15) is 13.6 Å². The van der Waals surface area contributed by atoms with Crippen molar-refractivity contribution in [2.45, 2.75) is 19.4 Å². The molecule has 0 saturated heterocycles. The molecule has 0 heterocycles. The molecule has 0 fully saturated rings. The van der Waals surface area contributed by atoms with Crippen molar-refractivity contribution in [2.75, 3.05) is 19.5 Å². The maximum atomic E-state index is 13.6. The highest BCUT2D eigenvalue weighted by Crippen LogP contribution is 2.32. The van der Waals surface area contributed by atoms with E-state index in [0.29, 0.717) is 17.6 Å². The number of carbonyl (C=O) groups is 1. The van der Waals surface area contributed by atoms with Gasteiger partial charge in [0.15, 0.2) is 11.5 Å². The standard InChI is InChI=1S/C18H20F2N2O3/c1-18(2,11-5-8-15(24-3)16(9-11)25-4)22-17(23)21-14-7-6-12(19)10-13(14)20/h5-10H,1-4H3,(H2,21,22,23). The van der Waals surface area contributed by atoms with Crippen LogP contribution in [0, 0.1) is 11.6 Å². The number of anilines is 1. The predicted octanol–water partition coefficient (Wildman–Crippen LogP) is 4.04. The van der Waals surface area contributed by atoms with E-state index in [0.717, 1.165) is 17.7 Å². The highest BCUT2D eigenvalue weighted by Gasteiger charge is 2.24. The third kappa shape index (κ3) is 4.37. The van der Waals surface area contributed by atoms with Gasteiger partial charge in [0.25, 0.3) is 0 Å². The number of benzene rings is 2. The van der Waals surface area contributed by atoms with Gasteiger partial charge in [-0.2, -0.15) is 0 Å². The Morgan fingerprint density at radius 1 is 1.00 bits per heavy atom. The average Bonchev–Trinajstić information content (AvgIpc) is 2.56. The predicted molar refractivity (Wildman–Crippen MR) is 91.1 cm³/mol. The van der Waals surface area contributed by atoms with E-state index in [4.69, 9.17) is 9.47 Å². The Labute approximate surface area is 144 Å². The number of hydrogen-bond donors (Lipinski definition) is 2.